The average molecular weight is 423 g/mol. The van der Waals surface area contributed by atoms with Crippen molar-refractivity contribution in [1.29, 1.82) is 0 Å². The lowest BCUT2D eigenvalue weighted by Gasteiger charge is -2.31. The molecular formula is C20H20F3N3O4. The fourth-order valence-corrected chi connectivity index (χ4v) is 3.24. The van der Waals surface area contributed by atoms with Gasteiger partial charge in [0.15, 0.2) is 0 Å². The van der Waals surface area contributed by atoms with Crippen LogP contribution in [-0.2, 0) is 15.8 Å². The van der Waals surface area contributed by atoms with Crippen LogP contribution >= 0.6 is 0 Å². The Kier molecular flexibility index (Phi) is 6.43. The molecule has 0 aliphatic carbocycles. The third-order valence-electron chi connectivity index (χ3n) is 4.91. The zero-order chi connectivity index (χ0) is 21.7. The number of benzene rings is 1. The van der Waals surface area contributed by atoms with Crippen molar-refractivity contribution in [2.75, 3.05) is 25.0 Å². The Labute approximate surface area is 170 Å². The number of likely N-dealkylation sites (tertiary alicyclic amines) is 1. The van der Waals surface area contributed by atoms with E-state index in [1.54, 1.807) is 11.0 Å². The molecule has 30 heavy (non-hydrogen) atoms. The molecule has 3 amide bonds. The van der Waals surface area contributed by atoms with Gasteiger partial charge < -0.3 is 20.0 Å². The summed E-state index contributed by atoms with van der Waals surface area (Å²) in [5.74, 6) is -2.25. The Morgan fingerprint density at radius 1 is 1.07 bits per heavy atom. The third-order valence-corrected chi connectivity index (χ3v) is 4.91. The molecule has 1 aromatic heterocycles. The summed E-state index contributed by atoms with van der Waals surface area (Å²) in [6.07, 6.45) is -0.592. The van der Waals surface area contributed by atoms with Crippen molar-refractivity contribution in [3.8, 4) is 0 Å². The number of furan rings is 1. The normalized spacial score (nSPS) is 15.0. The second-order valence-electron chi connectivity index (χ2n) is 6.96. The summed E-state index contributed by atoms with van der Waals surface area (Å²) in [6, 6.07) is 6.03. The highest BCUT2D eigenvalue weighted by atomic mass is 19.4. The van der Waals surface area contributed by atoms with E-state index in [1.165, 1.54) is 24.7 Å². The Bertz CT molecular complexity index is 904. The van der Waals surface area contributed by atoms with Crippen LogP contribution in [0.15, 0.2) is 47.3 Å². The van der Waals surface area contributed by atoms with Crippen molar-refractivity contribution in [1.82, 2.24) is 10.2 Å². The highest BCUT2D eigenvalue weighted by Crippen LogP contribution is 2.34. The van der Waals surface area contributed by atoms with Crippen LogP contribution < -0.4 is 10.6 Å². The van der Waals surface area contributed by atoms with Crippen molar-refractivity contribution in [2.24, 2.45) is 5.92 Å². The molecule has 1 aliphatic rings. The van der Waals surface area contributed by atoms with Crippen LogP contribution in [0.4, 0.5) is 18.9 Å². The van der Waals surface area contributed by atoms with Crippen LogP contribution in [0.5, 0.6) is 0 Å². The Morgan fingerprint density at radius 2 is 1.77 bits per heavy atom. The first kappa shape index (κ1) is 21.4. The fourth-order valence-electron chi connectivity index (χ4n) is 3.24. The molecule has 2 heterocycles. The zero-order valence-electron chi connectivity index (χ0n) is 15.9. The van der Waals surface area contributed by atoms with Gasteiger partial charge in [-0.2, -0.15) is 13.2 Å². The summed E-state index contributed by atoms with van der Waals surface area (Å²) >= 11 is 0. The van der Waals surface area contributed by atoms with Gasteiger partial charge in [0.1, 0.15) is 6.26 Å². The predicted molar refractivity (Wildman–Crippen MR) is 100 cm³/mol. The van der Waals surface area contributed by atoms with Crippen LogP contribution in [0.1, 0.15) is 28.8 Å². The molecule has 0 saturated carbocycles. The van der Waals surface area contributed by atoms with E-state index in [9.17, 15) is 27.6 Å². The summed E-state index contributed by atoms with van der Waals surface area (Å²) in [7, 11) is 0. The van der Waals surface area contributed by atoms with Gasteiger partial charge in [-0.3, -0.25) is 14.4 Å². The van der Waals surface area contributed by atoms with Crippen molar-refractivity contribution in [3.63, 3.8) is 0 Å². The summed E-state index contributed by atoms with van der Waals surface area (Å²) in [5, 5.41) is 4.46. The van der Waals surface area contributed by atoms with E-state index < -0.39 is 29.2 Å². The van der Waals surface area contributed by atoms with Crippen molar-refractivity contribution < 1.29 is 32.0 Å². The van der Waals surface area contributed by atoms with Crippen molar-refractivity contribution >= 4 is 23.4 Å². The molecule has 1 aromatic carbocycles. The third kappa shape index (κ3) is 5.19. The smallest absolute Gasteiger partial charge is 0.418 e. The minimum Gasteiger partial charge on any atom is -0.472 e. The number of anilines is 1. The van der Waals surface area contributed by atoms with Gasteiger partial charge in [-0.25, -0.2) is 0 Å². The number of nitrogens with zero attached hydrogens (tertiary/aromatic N) is 1. The highest BCUT2D eigenvalue weighted by Gasteiger charge is 2.34. The number of rotatable bonds is 4. The maximum atomic E-state index is 13.0. The molecule has 0 atom stereocenters. The van der Waals surface area contributed by atoms with Gasteiger partial charge in [0.25, 0.3) is 5.91 Å². The number of nitrogens with one attached hydrogen (secondary N) is 2. The van der Waals surface area contributed by atoms with E-state index in [0.29, 0.717) is 31.5 Å². The van der Waals surface area contributed by atoms with E-state index >= 15 is 0 Å². The monoisotopic (exact) mass is 423 g/mol. The molecule has 2 N–H and O–H groups in total. The topological polar surface area (TPSA) is 91.7 Å². The van der Waals surface area contributed by atoms with Gasteiger partial charge in [0.05, 0.1) is 23.1 Å². The van der Waals surface area contributed by atoms with Crippen LogP contribution in [-0.4, -0.2) is 42.3 Å². The number of para-hydroxylation sites is 1. The van der Waals surface area contributed by atoms with Crippen LogP contribution in [0, 0.1) is 5.92 Å². The van der Waals surface area contributed by atoms with E-state index in [4.69, 9.17) is 4.42 Å². The molecule has 0 spiro atoms. The van der Waals surface area contributed by atoms with Gasteiger partial charge in [-0.05, 0) is 37.0 Å². The molecule has 160 valence electrons. The molecule has 0 bridgehead atoms. The predicted octanol–water partition coefficient (Wildman–Crippen LogP) is 2.91. The summed E-state index contributed by atoms with van der Waals surface area (Å²) in [5.41, 5.74) is -1.03. The van der Waals surface area contributed by atoms with Crippen molar-refractivity contribution in [2.45, 2.75) is 19.0 Å². The number of carbonyl (C=O) groups is 3. The summed E-state index contributed by atoms with van der Waals surface area (Å²) in [4.78, 5) is 37.9. The second-order valence-corrected chi connectivity index (χ2v) is 6.96. The Morgan fingerprint density at radius 3 is 2.40 bits per heavy atom. The maximum Gasteiger partial charge on any atom is 0.418 e. The number of piperidine rings is 1. The van der Waals surface area contributed by atoms with Crippen molar-refractivity contribution in [3.05, 3.63) is 54.0 Å². The minimum absolute atomic E-state index is 0.0533. The molecule has 1 aliphatic heterocycles. The quantitative estimate of drug-likeness (QED) is 0.740. The summed E-state index contributed by atoms with van der Waals surface area (Å²) in [6.45, 7) is 1.19. The molecule has 0 unspecified atom stereocenters. The maximum absolute atomic E-state index is 13.0. The van der Waals surface area contributed by atoms with Gasteiger partial charge in [0, 0.05) is 19.6 Å². The molecule has 2 aromatic rings. The average Bonchev–Trinajstić information content (AvgIpc) is 3.26. The molecular weight excluding hydrogens is 403 g/mol. The van der Waals surface area contributed by atoms with E-state index in [0.717, 1.165) is 12.1 Å². The fraction of sp³-hybridized carbons (Fsp3) is 0.350. The Balaban J connectivity index is 1.46. The molecule has 1 saturated heterocycles. The molecule has 1 fully saturated rings. The number of amides is 3. The number of hydrogen-bond donors (Lipinski definition) is 2. The number of alkyl halides is 3. The highest BCUT2D eigenvalue weighted by molar-refractivity contribution is 6.39. The molecule has 7 nitrogen and oxygen atoms in total. The number of halogens is 3. The molecule has 10 heteroatoms. The number of hydrogen-bond acceptors (Lipinski definition) is 4. The van der Waals surface area contributed by atoms with Gasteiger partial charge in [-0.15, -0.1) is 0 Å². The first-order valence-electron chi connectivity index (χ1n) is 9.32. The lowest BCUT2D eigenvalue weighted by Crippen LogP contribution is -2.43. The first-order chi connectivity index (χ1) is 14.3. The SMILES string of the molecule is O=C(NCC1CCN(C(=O)c2ccoc2)CC1)C(=O)Nc1ccccc1C(F)(F)F. The van der Waals surface area contributed by atoms with E-state index in [-0.39, 0.29) is 18.4 Å². The lowest BCUT2D eigenvalue weighted by atomic mass is 9.96. The van der Waals surface area contributed by atoms with Gasteiger partial charge >= 0.3 is 18.0 Å². The van der Waals surface area contributed by atoms with Gasteiger partial charge in [-0.1, -0.05) is 12.1 Å². The lowest BCUT2D eigenvalue weighted by molar-refractivity contribution is -0.138. The largest absolute Gasteiger partial charge is 0.472 e. The van der Waals surface area contributed by atoms with Crippen LogP contribution in [0.3, 0.4) is 0 Å². The molecule has 3 rings (SSSR count). The second kappa shape index (κ2) is 9.02. The van der Waals surface area contributed by atoms with Crippen LogP contribution in [0.2, 0.25) is 0 Å². The standard InChI is InChI=1S/C20H20F3N3O4/c21-20(22,23)15-3-1-2-4-16(15)25-18(28)17(27)24-11-13-5-8-26(9-6-13)19(29)14-7-10-30-12-14/h1-4,7,10,12-13H,5-6,8-9,11H2,(H,24,27)(H,25,28). The number of carbonyl (C=O) groups excluding carboxylic acids is 3. The summed E-state index contributed by atoms with van der Waals surface area (Å²) < 4.78 is 43.9. The van der Waals surface area contributed by atoms with E-state index in [2.05, 4.69) is 5.32 Å². The minimum atomic E-state index is -4.65. The molecule has 0 radical (unpaired) electrons. The first-order valence-corrected chi connectivity index (χ1v) is 9.32. The Hall–Kier alpha value is -3.30. The van der Waals surface area contributed by atoms with Crippen LogP contribution in [0.25, 0.3) is 0 Å². The van der Waals surface area contributed by atoms with Gasteiger partial charge in [0.2, 0.25) is 0 Å². The van der Waals surface area contributed by atoms with E-state index in [1.807, 2.05) is 5.32 Å². The zero-order valence-corrected chi connectivity index (χ0v) is 15.9.